The molecule has 0 atom stereocenters. The number of rotatable bonds is 7. The van der Waals surface area contributed by atoms with Crippen molar-refractivity contribution in [2.75, 3.05) is 0 Å². The second kappa shape index (κ2) is 7.65. The SMILES string of the molecule is CCCCCCCC(=O)c1ccc(Br)c(C)c1. The van der Waals surface area contributed by atoms with Gasteiger partial charge in [-0.05, 0) is 31.0 Å². The Bertz CT molecular complexity index is 371. The van der Waals surface area contributed by atoms with Crippen molar-refractivity contribution < 1.29 is 4.79 Å². The van der Waals surface area contributed by atoms with Crippen molar-refractivity contribution in [2.24, 2.45) is 0 Å². The second-order valence-corrected chi connectivity index (χ2v) is 5.41. The molecular formula is C15H21BrO. The zero-order valence-electron chi connectivity index (χ0n) is 10.8. The predicted molar refractivity (Wildman–Crippen MR) is 76.6 cm³/mol. The highest BCUT2D eigenvalue weighted by molar-refractivity contribution is 9.10. The Hall–Kier alpha value is -0.630. The number of halogens is 1. The molecule has 0 radical (unpaired) electrons. The van der Waals surface area contributed by atoms with Crippen molar-refractivity contribution in [3.05, 3.63) is 33.8 Å². The summed E-state index contributed by atoms with van der Waals surface area (Å²) >= 11 is 3.45. The van der Waals surface area contributed by atoms with Crippen LogP contribution in [0.2, 0.25) is 0 Å². The Morgan fingerprint density at radius 1 is 1.18 bits per heavy atom. The van der Waals surface area contributed by atoms with Crippen molar-refractivity contribution in [3.63, 3.8) is 0 Å². The van der Waals surface area contributed by atoms with Gasteiger partial charge in [0.05, 0.1) is 0 Å². The maximum atomic E-state index is 11.9. The summed E-state index contributed by atoms with van der Waals surface area (Å²) in [6.45, 7) is 4.22. The van der Waals surface area contributed by atoms with Crippen LogP contribution in [-0.2, 0) is 0 Å². The number of Topliss-reactive ketones (excluding diaryl/α,β-unsaturated/α-hetero) is 1. The molecule has 1 nitrogen and oxygen atoms in total. The van der Waals surface area contributed by atoms with Gasteiger partial charge in [0.2, 0.25) is 0 Å². The van der Waals surface area contributed by atoms with E-state index in [1.807, 2.05) is 25.1 Å². The third-order valence-corrected chi connectivity index (χ3v) is 3.88. The van der Waals surface area contributed by atoms with Crippen LogP contribution in [0.3, 0.4) is 0 Å². The van der Waals surface area contributed by atoms with Crippen LogP contribution in [0.25, 0.3) is 0 Å². The van der Waals surface area contributed by atoms with Gasteiger partial charge in [0.15, 0.2) is 5.78 Å². The summed E-state index contributed by atoms with van der Waals surface area (Å²) < 4.78 is 1.07. The van der Waals surface area contributed by atoms with E-state index < -0.39 is 0 Å². The third-order valence-electron chi connectivity index (χ3n) is 2.99. The summed E-state index contributed by atoms with van der Waals surface area (Å²) in [6.07, 6.45) is 6.67. The molecule has 94 valence electrons. The van der Waals surface area contributed by atoms with Crippen LogP contribution in [0, 0.1) is 6.92 Å². The molecule has 0 spiro atoms. The van der Waals surface area contributed by atoms with Crippen LogP contribution in [0.4, 0.5) is 0 Å². The lowest BCUT2D eigenvalue weighted by Gasteiger charge is -2.04. The van der Waals surface area contributed by atoms with Crippen LogP contribution >= 0.6 is 15.9 Å². The van der Waals surface area contributed by atoms with Gasteiger partial charge in [0.25, 0.3) is 0 Å². The molecule has 0 N–H and O–H groups in total. The first-order valence-corrected chi connectivity index (χ1v) is 7.23. The summed E-state index contributed by atoms with van der Waals surface area (Å²) in [5.41, 5.74) is 1.98. The quantitative estimate of drug-likeness (QED) is 0.493. The molecule has 1 aromatic rings. The van der Waals surface area contributed by atoms with Crippen LogP contribution in [-0.4, -0.2) is 5.78 Å². The van der Waals surface area contributed by atoms with E-state index in [0.717, 1.165) is 22.0 Å². The van der Waals surface area contributed by atoms with Gasteiger partial charge in [-0.1, -0.05) is 54.6 Å². The van der Waals surface area contributed by atoms with Crippen molar-refractivity contribution >= 4 is 21.7 Å². The molecule has 0 aromatic heterocycles. The zero-order chi connectivity index (χ0) is 12.7. The van der Waals surface area contributed by atoms with Gasteiger partial charge in [0.1, 0.15) is 0 Å². The molecule has 0 aliphatic heterocycles. The first-order chi connectivity index (χ1) is 8.15. The molecule has 0 fully saturated rings. The van der Waals surface area contributed by atoms with Crippen LogP contribution in [0.15, 0.2) is 22.7 Å². The number of aryl methyl sites for hydroxylation is 1. The number of carbonyl (C=O) groups is 1. The molecule has 0 unspecified atom stereocenters. The maximum Gasteiger partial charge on any atom is 0.162 e. The number of ketones is 1. The fraction of sp³-hybridized carbons (Fsp3) is 0.533. The van der Waals surface area contributed by atoms with Crippen LogP contribution < -0.4 is 0 Å². The molecule has 0 saturated carbocycles. The Labute approximate surface area is 113 Å². The lowest BCUT2D eigenvalue weighted by atomic mass is 10.0. The largest absolute Gasteiger partial charge is 0.294 e. The van der Waals surface area contributed by atoms with E-state index in [4.69, 9.17) is 0 Å². The Morgan fingerprint density at radius 3 is 2.53 bits per heavy atom. The summed E-state index contributed by atoms with van der Waals surface area (Å²) in [7, 11) is 0. The Balaban J connectivity index is 2.39. The first kappa shape index (κ1) is 14.4. The number of hydrogen-bond acceptors (Lipinski definition) is 1. The molecule has 2 heteroatoms. The van der Waals surface area contributed by atoms with Crippen LogP contribution in [0.5, 0.6) is 0 Å². The van der Waals surface area contributed by atoms with Crippen molar-refractivity contribution in [3.8, 4) is 0 Å². The van der Waals surface area contributed by atoms with E-state index >= 15 is 0 Å². The van der Waals surface area contributed by atoms with Crippen molar-refractivity contribution in [1.29, 1.82) is 0 Å². The molecule has 1 rings (SSSR count). The molecule has 1 aromatic carbocycles. The molecule has 0 aliphatic carbocycles. The zero-order valence-corrected chi connectivity index (χ0v) is 12.3. The van der Waals surface area contributed by atoms with Crippen LogP contribution in [0.1, 0.15) is 61.4 Å². The summed E-state index contributed by atoms with van der Waals surface area (Å²) in [4.78, 5) is 11.9. The minimum Gasteiger partial charge on any atom is -0.294 e. The van der Waals surface area contributed by atoms with E-state index in [1.165, 1.54) is 25.7 Å². The number of unbranched alkanes of at least 4 members (excludes halogenated alkanes) is 4. The standard InChI is InChI=1S/C15H21BrO/c1-3-4-5-6-7-8-15(17)13-9-10-14(16)12(2)11-13/h9-11H,3-8H2,1-2H3. The highest BCUT2D eigenvalue weighted by Crippen LogP contribution is 2.18. The molecule has 0 amide bonds. The highest BCUT2D eigenvalue weighted by Gasteiger charge is 2.06. The van der Waals surface area contributed by atoms with E-state index in [0.29, 0.717) is 6.42 Å². The normalized spacial score (nSPS) is 10.5. The number of hydrogen-bond donors (Lipinski definition) is 0. The molecule has 17 heavy (non-hydrogen) atoms. The van der Waals surface area contributed by atoms with Crippen molar-refractivity contribution in [2.45, 2.75) is 52.4 Å². The average molecular weight is 297 g/mol. The monoisotopic (exact) mass is 296 g/mol. The Morgan fingerprint density at radius 2 is 1.88 bits per heavy atom. The molecule has 0 aliphatic rings. The summed E-state index contributed by atoms with van der Waals surface area (Å²) in [6, 6.07) is 5.84. The summed E-state index contributed by atoms with van der Waals surface area (Å²) in [5, 5.41) is 0. The smallest absolute Gasteiger partial charge is 0.162 e. The van der Waals surface area contributed by atoms with Gasteiger partial charge in [-0.2, -0.15) is 0 Å². The lowest BCUT2D eigenvalue weighted by molar-refractivity contribution is 0.0979. The van der Waals surface area contributed by atoms with Gasteiger partial charge >= 0.3 is 0 Å². The molecule has 0 saturated heterocycles. The summed E-state index contributed by atoms with van der Waals surface area (Å²) in [5.74, 6) is 0.275. The lowest BCUT2D eigenvalue weighted by Crippen LogP contribution is -1.99. The number of carbonyl (C=O) groups excluding carboxylic acids is 1. The maximum absolute atomic E-state index is 11.9. The van der Waals surface area contributed by atoms with Gasteiger partial charge in [-0.25, -0.2) is 0 Å². The average Bonchev–Trinajstić information content (AvgIpc) is 2.32. The molecular weight excluding hydrogens is 276 g/mol. The fourth-order valence-corrected chi connectivity index (χ4v) is 2.10. The topological polar surface area (TPSA) is 17.1 Å². The predicted octanol–water partition coefficient (Wildman–Crippen LogP) is 5.30. The minimum atomic E-state index is 0.275. The fourth-order valence-electron chi connectivity index (χ4n) is 1.85. The molecule has 0 bridgehead atoms. The highest BCUT2D eigenvalue weighted by atomic mass is 79.9. The van der Waals surface area contributed by atoms with E-state index in [2.05, 4.69) is 22.9 Å². The second-order valence-electron chi connectivity index (χ2n) is 4.55. The van der Waals surface area contributed by atoms with Crippen molar-refractivity contribution in [1.82, 2.24) is 0 Å². The molecule has 0 heterocycles. The van der Waals surface area contributed by atoms with Gasteiger partial charge in [-0.15, -0.1) is 0 Å². The van der Waals surface area contributed by atoms with E-state index in [-0.39, 0.29) is 5.78 Å². The van der Waals surface area contributed by atoms with Gasteiger partial charge < -0.3 is 0 Å². The third kappa shape index (κ3) is 5.03. The van der Waals surface area contributed by atoms with E-state index in [9.17, 15) is 4.79 Å². The van der Waals surface area contributed by atoms with Gasteiger partial charge in [-0.3, -0.25) is 4.79 Å². The van der Waals surface area contributed by atoms with Gasteiger partial charge in [0, 0.05) is 16.5 Å². The first-order valence-electron chi connectivity index (χ1n) is 6.44. The minimum absolute atomic E-state index is 0.275. The van der Waals surface area contributed by atoms with E-state index in [1.54, 1.807) is 0 Å². The Kier molecular flexibility index (Phi) is 6.49. The number of benzene rings is 1.